The molecule has 0 amide bonds. The number of halogens is 1. The first kappa shape index (κ1) is 18.1. The van der Waals surface area contributed by atoms with Gasteiger partial charge in [-0.25, -0.2) is 0 Å². The number of methoxy groups -OCH3 is 1. The van der Waals surface area contributed by atoms with Crippen LogP contribution in [0.4, 0.5) is 5.69 Å². The van der Waals surface area contributed by atoms with Crippen LogP contribution < -0.4 is 15.8 Å². The van der Waals surface area contributed by atoms with Gasteiger partial charge in [0.15, 0.2) is 0 Å². The molecule has 0 radical (unpaired) electrons. The van der Waals surface area contributed by atoms with Crippen molar-refractivity contribution in [2.24, 2.45) is 5.92 Å². The van der Waals surface area contributed by atoms with Crippen LogP contribution in [0.15, 0.2) is 42.5 Å². The maximum atomic E-state index is 6.46. The zero-order valence-electron chi connectivity index (χ0n) is 15.2. The van der Waals surface area contributed by atoms with Crippen LogP contribution in [0.3, 0.4) is 0 Å². The number of hydrogen-bond acceptors (Lipinski definition) is 3. The van der Waals surface area contributed by atoms with E-state index in [4.69, 9.17) is 22.1 Å². The molecule has 1 saturated heterocycles. The molecular weight excluding hydrogens is 332 g/mol. The van der Waals surface area contributed by atoms with E-state index >= 15 is 0 Å². The third kappa shape index (κ3) is 3.00. The summed E-state index contributed by atoms with van der Waals surface area (Å²) in [6.07, 6.45) is 2.30. The van der Waals surface area contributed by atoms with Crippen LogP contribution in [0.2, 0.25) is 5.02 Å². The summed E-state index contributed by atoms with van der Waals surface area (Å²) in [5, 5.41) is 4.35. The van der Waals surface area contributed by atoms with E-state index in [-0.39, 0.29) is 5.41 Å². The Bertz CT molecular complexity index is 740. The lowest BCUT2D eigenvalue weighted by Gasteiger charge is -2.45. The lowest BCUT2D eigenvalue weighted by atomic mass is 9.61. The molecule has 2 aromatic carbocycles. The summed E-state index contributed by atoms with van der Waals surface area (Å²) < 4.78 is 5.51. The van der Waals surface area contributed by atoms with E-state index in [0.717, 1.165) is 18.7 Å². The second kappa shape index (κ2) is 7.27. The summed E-state index contributed by atoms with van der Waals surface area (Å²) >= 11 is 6.30. The van der Waals surface area contributed by atoms with E-state index in [1.165, 1.54) is 17.5 Å². The molecule has 0 spiro atoms. The van der Waals surface area contributed by atoms with Crippen LogP contribution >= 0.6 is 11.6 Å². The highest BCUT2D eigenvalue weighted by Gasteiger charge is 2.46. The van der Waals surface area contributed by atoms with Crippen LogP contribution in [0.1, 0.15) is 37.8 Å². The minimum absolute atomic E-state index is 0.236. The molecule has 0 bridgehead atoms. The van der Waals surface area contributed by atoms with Crippen molar-refractivity contribution >= 4 is 17.3 Å². The predicted molar refractivity (Wildman–Crippen MR) is 106 cm³/mol. The van der Waals surface area contributed by atoms with Crippen molar-refractivity contribution in [3.8, 4) is 5.75 Å². The maximum absolute atomic E-state index is 6.46. The average Bonchev–Trinajstić information content (AvgIpc) is 3.13. The van der Waals surface area contributed by atoms with E-state index < -0.39 is 0 Å². The van der Waals surface area contributed by atoms with Crippen molar-refractivity contribution < 1.29 is 4.74 Å². The van der Waals surface area contributed by atoms with Gasteiger partial charge < -0.3 is 15.8 Å². The number of ether oxygens (including phenoxy) is 1. The van der Waals surface area contributed by atoms with Gasteiger partial charge in [0.05, 0.1) is 12.1 Å². The monoisotopic (exact) mass is 358 g/mol. The number of nitrogens with two attached hydrogens (primary N) is 1. The molecule has 0 aliphatic carbocycles. The highest BCUT2D eigenvalue weighted by Crippen LogP contribution is 2.48. The van der Waals surface area contributed by atoms with Gasteiger partial charge in [0.1, 0.15) is 5.75 Å². The molecule has 2 atom stereocenters. The zero-order valence-corrected chi connectivity index (χ0v) is 15.9. The number of nitrogens with one attached hydrogen (secondary N) is 1. The Hall–Kier alpha value is -1.71. The van der Waals surface area contributed by atoms with Crippen molar-refractivity contribution in [3.63, 3.8) is 0 Å². The van der Waals surface area contributed by atoms with Crippen molar-refractivity contribution in [3.05, 3.63) is 58.6 Å². The fourth-order valence-electron chi connectivity index (χ4n) is 4.46. The summed E-state index contributed by atoms with van der Waals surface area (Å²) in [7, 11) is 1.66. The first-order valence-electron chi connectivity index (χ1n) is 8.94. The molecule has 1 aliphatic rings. The van der Waals surface area contributed by atoms with Crippen LogP contribution in [-0.4, -0.2) is 19.7 Å². The Morgan fingerprint density at radius 3 is 2.60 bits per heavy atom. The Labute approximate surface area is 155 Å². The molecule has 3 N–H and O–H groups in total. The SMILES string of the molecule is COc1cc(C(c2ccccc2N)(C(C)C)[C@@H]2CCCN2)ccc1Cl. The van der Waals surface area contributed by atoms with Gasteiger partial charge in [-0.05, 0) is 54.6 Å². The van der Waals surface area contributed by atoms with Gasteiger partial charge in [-0.15, -0.1) is 0 Å². The summed E-state index contributed by atoms with van der Waals surface area (Å²) in [4.78, 5) is 0. The Kier molecular flexibility index (Phi) is 5.26. The van der Waals surface area contributed by atoms with Gasteiger partial charge in [-0.3, -0.25) is 0 Å². The fourth-order valence-corrected chi connectivity index (χ4v) is 4.65. The number of nitrogen functional groups attached to an aromatic ring is 1. The number of rotatable bonds is 5. The molecule has 1 fully saturated rings. The van der Waals surface area contributed by atoms with Gasteiger partial charge >= 0.3 is 0 Å². The molecule has 1 unspecified atom stereocenters. The second-order valence-corrected chi connectivity index (χ2v) is 7.52. The van der Waals surface area contributed by atoms with Gasteiger partial charge in [0, 0.05) is 17.1 Å². The topological polar surface area (TPSA) is 47.3 Å². The standard InChI is InChI=1S/C21H27ClN2O/c1-14(2)21(20-9-6-12-24-20,16-7-4-5-8-18(16)23)15-10-11-17(22)19(13-15)25-3/h4-5,7-8,10-11,13-14,20,24H,6,9,12,23H2,1-3H3/t20-,21?/m0/s1. The van der Waals surface area contributed by atoms with Crippen LogP contribution in [0, 0.1) is 5.92 Å². The zero-order chi connectivity index (χ0) is 18.0. The smallest absolute Gasteiger partial charge is 0.137 e. The summed E-state index contributed by atoms with van der Waals surface area (Å²) in [6.45, 7) is 5.58. The quantitative estimate of drug-likeness (QED) is 0.766. The molecule has 0 saturated carbocycles. The maximum Gasteiger partial charge on any atom is 0.137 e. The number of hydrogen-bond donors (Lipinski definition) is 2. The fraction of sp³-hybridized carbons (Fsp3) is 0.429. The van der Waals surface area contributed by atoms with Crippen LogP contribution in [-0.2, 0) is 5.41 Å². The molecule has 134 valence electrons. The average molecular weight is 359 g/mol. The molecule has 0 aromatic heterocycles. The van der Waals surface area contributed by atoms with Gasteiger partial charge in [0.2, 0.25) is 0 Å². The summed E-state index contributed by atoms with van der Waals surface area (Å²) in [5.74, 6) is 1.05. The molecule has 3 nitrogen and oxygen atoms in total. The predicted octanol–water partition coefficient (Wildman–Crippen LogP) is 4.62. The van der Waals surface area contributed by atoms with Crippen LogP contribution in [0.25, 0.3) is 0 Å². The Morgan fingerprint density at radius 2 is 2.00 bits per heavy atom. The van der Waals surface area contributed by atoms with Gasteiger partial charge in [0.25, 0.3) is 0 Å². The van der Waals surface area contributed by atoms with Crippen molar-refractivity contribution in [1.29, 1.82) is 0 Å². The Balaban J connectivity index is 2.29. The minimum Gasteiger partial charge on any atom is -0.495 e. The second-order valence-electron chi connectivity index (χ2n) is 7.11. The molecule has 1 aliphatic heterocycles. The molecule has 25 heavy (non-hydrogen) atoms. The van der Waals surface area contributed by atoms with Gasteiger partial charge in [-0.2, -0.15) is 0 Å². The molecule has 3 rings (SSSR count). The third-order valence-corrected chi connectivity index (χ3v) is 5.87. The minimum atomic E-state index is -0.236. The molecule has 4 heteroatoms. The first-order valence-corrected chi connectivity index (χ1v) is 9.32. The summed E-state index contributed by atoms with van der Waals surface area (Å²) in [6, 6.07) is 14.7. The van der Waals surface area contributed by atoms with Crippen molar-refractivity contribution in [2.75, 3.05) is 19.4 Å². The molecular formula is C21H27ClN2O. The Morgan fingerprint density at radius 1 is 1.24 bits per heavy atom. The molecule has 1 heterocycles. The van der Waals surface area contributed by atoms with E-state index in [1.54, 1.807) is 7.11 Å². The normalized spacial score (nSPS) is 19.8. The molecule has 2 aromatic rings. The number of benzene rings is 2. The van der Waals surface area contributed by atoms with E-state index in [0.29, 0.717) is 22.7 Å². The lowest BCUT2D eigenvalue weighted by Crippen LogP contribution is -2.50. The number of anilines is 1. The van der Waals surface area contributed by atoms with Gasteiger partial charge in [-0.1, -0.05) is 49.7 Å². The summed E-state index contributed by atoms with van der Waals surface area (Å²) in [5.41, 5.74) is 9.43. The highest BCUT2D eigenvalue weighted by molar-refractivity contribution is 6.32. The van der Waals surface area contributed by atoms with Crippen LogP contribution in [0.5, 0.6) is 5.75 Å². The largest absolute Gasteiger partial charge is 0.495 e. The van der Waals surface area contributed by atoms with E-state index in [9.17, 15) is 0 Å². The lowest BCUT2D eigenvalue weighted by molar-refractivity contribution is 0.283. The van der Waals surface area contributed by atoms with E-state index in [2.05, 4.69) is 43.4 Å². The van der Waals surface area contributed by atoms with E-state index in [1.807, 2.05) is 18.2 Å². The van der Waals surface area contributed by atoms with Crippen molar-refractivity contribution in [2.45, 2.75) is 38.1 Å². The number of para-hydroxylation sites is 1. The first-order chi connectivity index (χ1) is 12.0. The third-order valence-electron chi connectivity index (χ3n) is 5.56. The van der Waals surface area contributed by atoms with Crippen molar-refractivity contribution in [1.82, 2.24) is 5.32 Å². The highest BCUT2D eigenvalue weighted by atomic mass is 35.5.